The standard InChI is InChI=1S/C30H30N4O4/c1-18-16-24-25(17-23(18)30(37)38)33-29(36)26(24)27(19-6-4-3-5-7-19)31-21-10-8-20(9-11-21)28(35)32-22-12-14-34(2)15-13-22/h3-11,16-17,22,33,36H,12-15H2,1-2H3,(H,32,35)(H,37,38). The Kier molecular flexibility index (Phi) is 6.98. The number of hydrogen-bond acceptors (Lipinski definition) is 5. The Morgan fingerprint density at radius 3 is 2.34 bits per heavy atom. The maximum absolute atomic E-state index is 12.8. The molecule has 1 aliphatic heterocycles. The molecule has 1 fully saturated rings. The monoisotopic (exact) mass is 510 g/mol. The number of aliphatic imine (C=N–C) groups is 1. The number of aromatic carboxylic acids is 1. The van der Waals surface area contributed by atoms with Crippen molar-refractivity contribution in [2.24, 2.45) is 4.99 Å². The van der Waals surface area contributed by atoms with Gasteiger partial charge in [-0.3, -0.25) is 4.79 Å². The second-order valence-electron chi connectivity index (χ2n) is 9.79. The minimum atomic E-state index is -1.03. The van der Waals surface area contributed by atoms with Crippen molar-refractivity contribution >= 4 is 34.2 Å². The van der Waals surface area contributed by atoms with Crippen molar-refractivity contribution in [1.29, 1.82) is 0 Å². The highest BCUT2D eigenvalue weighted by Crippen LogP contribution is 2.33. The van der Waals surface area contributed by atoms with Crippen molar-refractivity contribution < 1.29 is 19.8 Å². The molecule has 1 aliphatic rings. The van der Waals surface area contributed by atoms with Crippen LogP contribution in [0.3, 0.4) is 0 Å². The van der Waals surface area contributed by atoms with Crippen LogP contribution >= 0.6 is 0 Å². The molecule has 0 unspecified atom stereocenters. The van der Waals surface area contributed by atoms with Crippen molar-refractivity contribution in [2.75, 3.05) is 20.1 Å². The van der Waals surface area contributed by atoms with Gasteiger partial charge in [0, 0.05) is 28.1 Å². The predicted molar refractivity (Wildman–Crippen MR) is 148 cm³/mol. The van der Waals surface area contributed by atoms with Crippen LogP contribution in [0.15, 0.2) is 71.7 Å². The zero-order chi connectivity index (χ0) is 26.8. The van der Waals surface area contributed by atoms with Gasteiger partial charge >= 0.3 is 5.97 Å². The Morgan fingerprint density at radius 2 is 1.68 bits per heavy atom. The van der Waals surface area contributed by atoms with E-state index in [1.165, 1.54) is 6.07 Å². The van der Waals surface area contributed by atoms with E-state index in [9.17, 15) is 19.8 Å². The number of benzene rings is 3. The number of aromatic amines is 1. The highest BCUT2D eigenvalue weighted by atomic mass is 16.4. The van der Waals surface area contributed by atoms with E-state index in [0.717, 1.165) is 31.5 Å². The zero-order valence-corrected chi connectivity index (χ0v) is 21.4. The van der Waals surface area contributed by atoms with Crippen LogP contribution in [0.25, 0.3) is 10.9 Å². The second kappa shape index (κ2) is 10.5. The summed E-state index contributed by atoms with van der Waals surface area (Å²) in [6.07, 6.45) is 1.87. The van der Waals surface area contributed by atoms with Gasteiger partial charge < -0.3 is 25.4 Å². The SMILES string of the molecule is Cc1cc2c(C(=Nc3ccc(C(=O)NC4CCN(C)CC4)cc3)c3ccccc3)c(O)[nH]c2cc1C(=O)O. The summed E-state index contributed by atoms with van der Waals surface area (Å²) in [6, 6.07) is 20.0. The molecule has 8 nitrogen and oxygen atoms in total. The van der Waals surface area contributed by atoms with Crippen LogP contribution < -0.4 is 5.32 Å². The van der Waals surface area contributed by atoms with Crippen molar-refractivity contribution in [1.82, 2.24) is 15.2 Å². The Balaban J connectivity index is 1.50. The normalized spacial score (nSPS) is 15.1. The van der Waals surface area contributed by atoms with Crippen molar-refractivity contribution in [3.05, 3.63) is 94.5 Å². The van der Waals surface area contributed by atoms with Gasteiger partial charge in [0.05, 0.1) is 22.5 Å². The minimum Gasteiger partial charge on any atom is -0.494 e. The molecule has 0 spiro atoms. The van der Waals surface area contributed by atoms with Crippen LogP contribution in [0.2, 0.25) is 0 Å². The number of amides is 1. The molecule has 3 aromatic carbocycles. The van der Waals surface area contributed by atoms with Crippen molar-refractivity contribution in [3.63, 3.8) is 0 Å². The quantitative estimate of drug-likeness (QED) is 0.276. The number of piperidine rings is 1. The Hall–Kier alpha value is -4.43. The van der Waals surface area contributed by atoms with Crippen LogP contribution in [-0.2, 0) is 0 Å². The van der Waals surface area contributed by atoms with Gasteiger partial charge in [-0.05, 0) is 81.9 Å². The van der Waals surface area contributed by atoms with E-state index in [1.807, 2.05) is 30.3 Å². The molecule has 2 heterocycles. The first-order chi connectivity index (χ1) is 18.3. The third-order valence-electron chi connectivity index (χ3n) is 7.06. The zero-order valence-electron chi connectivity index (χ0n) is 21.4. The molecule has 0 radical (unpaired) electrons. The molecular formula is C30H30N4O4. The molecule has 1 saturated heterocycles. The van der Waals surface area contributed by atoms with E-state index < -0.39 is 5.97 Å². The fraction of sp³-hybridized carbons (Fsp3) is 0.233. The number of carboxylic acid groups (broad SMARTS) is 1. The van der Waals surface area contributed by atoms with Crippen LogP contribution in [0.4, 0.5) is 5.69 Å². The predicted octanol–water partition coefficient (Wildman–Crippen LogP) is 4.87. The number of carbonyl (C=O) groups is 2. The molecule has 38 heavy (non-hydrogen) atoms. The molecule has 0 atom stereocenters. The van der Waals surface area contributed by atoms with Gasteiger partial charge in [-0.1, -0.05) is 30.3 Å². The molecule has 4 aromatic rings. The number of nitrogens with one attached hydrogen (secondary N) is 2. The van der Waals surface area contributed by atoms with Crippen molar-refractivity contribution in [2.45, 2.75) is 25.8 Å². The smallest absolute Gasteiger partial charge is 0.336 e. The lowest BCUT2D eigenvalue weighted by Gasteiger charge is -2.29. The van der Waals surface area contributed by atoms with Crippen LogP contribution in [0.1, 0.15) is 50.2 Å². The lowest BCUT2D eigenvalue weighted by molar-refractivity contribution is 0.0696. The number of carboxylic acids is 1. The van der Waals surface area contributed by atoms with E-state index in [0.29, 0.717) is 39.0 Å². The van der Waals surface area contributed by atoms with E-state index in [-0.39, 0.29) is 23.4 Å². The van der Waals surface area contributed by atoms with E-state index >= 15 is 0 Å². The highest BCUT2D eigenvalue weighted by molar-refractivity contribution is 6.22. The number of hydrogen-bond donors (Lipinski definition) is 4. The maximum atomic E-state index is 12.8. The first kappa shape index (κ1) is 25.2. The van der Waals surface area contributed by atoms with Gasteiger partial charge in [0.25, 0.3) is 5.91 Å². The number of aryl methyl sites for hydroxylation is 1. The molecule has 0 aliphatic carbocycles. The lowest BCUT2D eigenvalue weighted by atomic mass is 9.98. The van der Waals surface area contributed by atoms with Crippen LogP contribution in [0.5, 0.6) is 5.88 Å². The first-order valence-electron chi connectivity index (χ1n) is 12.6. The summed E-state index contributed by atoms with van der Waals surface area (Å²) in [6.45, 7) is 3.67. The largest absolute Gasteiger partial charge is 0.494 e. The second-order valence-corrected chi connectivity index (χ2v) is 9.79. The van der Waals surface area contributed by atoms with E-state index in [4.69, 9.17) is 4.99 Å². The van der Waals surface area contributed by atoms with Crippen LogP contribution in [0, 0.1) is 6.92 Å². The average molecular weight is 511 g/mol. The summed E-state index contributed by atoms with van der Waals surface area (Å²) in [4.78, 5) is 34.5. The minimum absolute atomic E-state index is 0.0985. The lowest BCUT2D eigenvalue weighted by Crippen LogP contribution is -2.43. The summed E-state index contributed by atoms with van der Waals surface area (Å²) in [5.41, 5.74) is 4.23. The summed E-state index contributed by atoms with van der Waals surface area (Å²) in [5.74, 6) is -1.23. The third-order valence-corrected chi connectivity index (χ3v) is 7.06. The Labute approximate surface area is 220 Å². The number of nitrogens with zero attached hydrogens (tertiary/aromatic N) is 2. The van der Waals surface area contributed by atoms with E-state index in [1.54, 1.807) is 37.3 Å². The van der Waals surface area contributed by atoms with Gasteiger partial charge in [0.15, 0.2) is 5.88 Å². The molecule has 194 valence electrons. The molecule has 0 bridgehead atoms. The fourth-order valence-corrected chi connectivity index (χ4v) is 4.90. The van der Waals surface area contributed by atoms with Gasteiger partial charge in [0.2, 0.25) is 0 Å². The average Bonchev–Trinajstić information content (AvgIpc) is 3.23. The van der Waals surface area contributed by atoms with Crippen LogP contribution in [-0.4, -0.2) is 63.9 Å². The maximum Gasteiger partial charge on any atom is 0.336 e. The summed E-state index contributed by atoms with van der Waals surface area (Å²) >= 11 is 0. The topological polar surface area (TPSA) is 118 Å². The molecular weight excluding hydrogens is 480 g/mol. The van der Waals surface area contributed by atoms with Gasteiger partial charge in [0.1, 0.15) is 0 Å². The van der Waals surface area contributed by atoms with E-state index in [2.05, 4.69) is 22.2 Å². The van der Waals surface area contributed by atoms with Gasteiger partial charge in [-0.2, -0.15) is 0 Å². The van der Waals surface area contributed by atoms with Crippen molar-refractivity contribution in [3.8, 4) is 5.88 Å². The highest BCUT2D eigenvalue weighted by Gasteiger charge is 2.22. The number of aromatic hydroxyl groups is 1. The summed E-state index contributed by atoms with van der Waals surface area (Å²) in [5, 5.41) is 24.2. The summed E-state index contributed by atoms with van der Waals surface area (Å²) in [7, 11) is 2.09. The molecule has 4 N–H and O–H groups in total. The molecule has 5 rings (SSSR count). The first-order valence-corrected chi connectivity index (χ1v) is 12.6. The Morgan fingerprint density at radius 1 is 1.00 bits per heavy atom. The number of rotatable bonds is 6. The number of aromatic nitrogens is 1. The molecule has 8 heteroatoms. The molecule has 0 saturated carbocycles. The summed E-state index contributed by atoms with van der Waals surface area (Å²) < 4.78 is 0. The number of carbonyl (C=O) groups excluding carboxylic acids is 1. The molecule has 1 aromatic heterocycles. The number of fused-ring (bicyclic) bond motifs is 1. The Bertz CT molecular complexity index is 1520. The molecule has 1 amide bonds. The van der Waals surface area contributed by atoms with Gasteiger partial charge in [-0.15, -0.1) is 0 Å². The number of H-pyrrole nitrogens is 1. The van der Waals surface area contributed by atoms with Gasteiger partial charge in [-0.25, -0.2) is 9.79 Å². The third kappa shape index (κ3) is 5.17. The fourth-order valence-electron chi connectivity index (χ4n) is 4.90. The number of likely N-dealkylation sites (tertiary alicyclic amines) is 1.